The summed E-state index contributed by atoms with van der Waals surface area (Å²) >= 11 is 0. The van der Waals surface area contributed by atoms with E-state index in [4.69, 9.17) is 0 Å². The molecule has 1 N–H and O–H groups in total. The molecule has 0 saturated carbocycles. The summed E-state index contributed by atoms with van der Waals surface area (Å²) in [6.07, 6.45) is 1.03. The zero-order chi connectivity index (χ0) is 23.8. The molecular weight excluding hydrogens is 420 g/mol. The molecule has 8 heteroatoms. The van der Waals surface area contributed by atoms with Crippen LogP contribution < -0.4 is 10.2 Å². The van der Waals surface area contributed by atoms with Crippen LogP contribution in [-0.4, -0.2) is 59.7 Å². The first-order chi connectivity index (χ1) is 15.7. The number of amides is 4. The molecule has 1 fully saturated rings. The normalized spacial score (nSPS) is 19.2. The van der Waals surface area contributed by atoms with Crippen LogP contribution in [0.4, 0.5) is 5.69 Å². The van der Waals surface area contributed by atoms with Gasteiger partial charge in [0.1, 0.15) is 5.66 Å². The number of nitrogens with one attached hydrogen (secondary N) is 1. The van der Waals surface area contributed by atoms with Crippen molar-refractivity contribution >= 4 is 29.3 Å². The number of anilines is 1. The Labute approximate surface area is 193 Å². The molecule has 4 rings (SSSR count). The number of carbonyl (C=O) groups excluding carboxylic acids is 4. The summed E-state index contributed by atoms with van der Waals surface area (Å²) in [7, 11) is 3.40. The van der Waals surface area contributed by atoms with Crippen molar-refractivity contribution < 1.29 is 19.2 Å². The van der Waals surface area contributed by atoms with Crippen molar-refractivity contribution in [2.75, 3.05) is 25.5 Å². The van der Waals surface area contributed by atoms with Crippen LogP contribution in [0.5, 0.6) is 0 Å². The quantitative estimate of drug-likeness (QED) is 0.735. The van der Waals surface area contributed by atoms with E-state index in [1.165, 1.54) is 4.90 Å². The van der Waals surface area contributed by atoms with Gasteiger partial charge in [-0.2, -0.15) is 0 Å². The number of fused-ring (bicyclic) bond motifs is 3. The molecule has 0 aromatic heterocycles. The largest absolute Gasteiger partial charge is 0.352 e. The van der Waals surface area contributed by atoms with E-state index < -0.39 is 5.66 Å². The fourth-order valence-electron chi connectivity index (χ4n) is 4.57. The molecule has 1 atom stereocenters. The monoisotopic (exact) mass is 448 g/mol. The molecule has 2 aromatic carbocycles. The molecule has 8 nitrogen and oxygen atoms in total. The van der Waals surface area contributed by atoms with Gasteiger partial charge in [0, 0.05) is 45.6 Å². The topological polar surface area (TPSA) is 90.0 Å². The smallest absolute Gasteiger partial charge is 0.257 e. The van der Waals surface area contributed by atoms with Crippen LogP contribution in [0.2, 0.25) is 0 Å². The molecule has 0 bridgehead atoms. The number of para-hydroxylation sites is 1. The number of rotatable bonds is 6. The lowest BCUT2D eigenvalue weighted by Gasteiger charge is -2.48. The van der Waals surface area contributed by atoms with E-state index in [0.717, 1.165) is 5.56 Å². The Hall–Kier alpha value is -3.68. The third-order valence-corrected chi connectivity index (χ3v) is 6.40. The second-order valence-corrected chi connectivity index (χ2v) is 8.84. The lowest BCUT2D eigenvalue weighted by Crippen LogP contribution is -2.62. The molecule has 33 heavy (non-hydrogen) atoms. The van der Waals surface area contributed by atoms with Crippen LogP contribution in [0, 0.1) is 0 Å². The summed E-state index contributed by atoms with van der Waals surface area (Å²) in [4.78, 5) is 55.2. The Morgan fingerprint density at radius 3 is 2.45 bits per heavy atom. The average Bonchev–Trinajstić information content (AvgIpc) is 3.12. The molecule has 2 heterocycles. The van der Waals surface area contributed by atoms with E-state index >= 15 is 0 Å². The Morgan fingerprint density at radius 1 is 1.06 bits per heavy atom. The summed E-state index contributed by atoms with van der Waals surface area (Å²) in [5.74, 6) is -0.433. The summed E-state index contributed by atoms with van der Waals surface area (Å²) in [5.41, 5.74) is 1.82. The minimum atomic E-state index is -0.766. The second-order valence-electron chi connectivity index (χ2n) is 8.84. The minimum absolute atomic E-state index is 0.0110. The third-order valence-electron chi connectivity index (χ3n) is 6.40. The molecule has 1 saturated heterocycles. The van der Waals surface area contributed by atoms with Gasteiger partial charge in [-0.3, -0.25) is 24.1 Å². The van der Waals surface area contributed by atoms with Crippen molar-refractivity contribution in [3.8, 4) is 0 Å². The molecule has 172 valence electrons. The SMILES string of the molecule is CN(C)C(=O)c1ccc(CNC(=O)CCN2C(=O)c3ccccc3N3C(=O)CCC23C)cc1. The summed E-state index contributed by atoms with van der Waals surface area (Å²) in [5, 5.41) is 2.87. The summed E-state index contributed by atoms with van der Waals surface area (Å²) < 4.78 is 0. The molecule has 1 unspecified atom stereocenters. The van der Waals surface area contributed by atoms with E-state index in [1.807, 2.05) is 25.1 Å². The number of hydrogen-bond donors (Lipinski definition) is 1. The Bertz CT molecular complexity index is 1110. The van der Waals surface area contributed by atoms with Crippen LogP contribution >= 0.6 is 0 Å². The van der Waals surface area contributed by atoms with Gasteiger partial charge in [-0.25, -0.2) is 0 Å². The predicted molar refractivity (Wildman–Crippen MR) is 124 cm³/mol. The Balaban J connectivity index is 1.39. The molecule has 0 radical (unpaired) electrons. The average molecular weight is 449 g/mol. The minimum Gasteiger partial charge on any atom is -0.352 e. The Morgan fingerprint density at radius 2 is 1.76 bits per heavy atom. The van der Waals surface area contributed by atoms with Crippen molar-refractivity contribution in [2.24, 2.45) is 0 Å². The van der Waals surface area contributed by atoms with Gasteiger partial charge in [0.25, 0.3) is 11.8 Å². The maximum atomic E-state index is 13.2. The number of nitrogens with zero attached hydrogens (tertiary/aromatic N) is 3. The zero-order valence-corrected chi connectivity index (χ0v) is 19.1. The van der Waals surface area contributed by atoms with Crippen LogP contribution in [-0.2, 0) is 16.1 Å². The van der Waals surface area contributed by atoms with Gasteiger partial charge in [0.2, 0.25) is 11.8 Å². The molecule has 4 amide bonds. The van der Waals surface area contributed by atoms with Gasteiger partial charge < -0.3 is 15.1 Å². The van der Waals surface area contributed by atoms with E-state index in [-0.39, 0.29) is 36.6 Å². The molecule has 2 aliphatic rings. The number of benzene rings is 2. The first-order valence-corrected chi connectivity index (χ1v) is 11.0. The van der Waals surface area contributed by atoms with Crippen molar-refractivity contribution in [2.45, 2.75) is 38.4 Å². The fraction of sp³-hybridized carbons (Fsp3) is 0.360. The van der Waals surface area contributed by atoms with Gasteiger partial charge in [-0.1, -0.05) is 24.3 Å². The van der Waals surface area contributed by atoms with Crippen LogP contribution in [0.3, 0.4) is 0 Å². The molecule has 0 aliphatic carbocycles. The van der Waals surface area contributed by atoms with Gasteiger partial charge in [0.15, 0.2) is 0 Å². The standard InChI is InChI=1S/C25H28N4O4/c1-25-14-12-22(31)29(25)20-7-5-4-6-19(20)24(33)28(25)15-13-21(30)26-16-17-8-10-18(11-9-17)23(32)27(2)3/h4-11H,12-16H2,1-3H3,(H,26,30). The zero-order valence-electron chi connectivity index (χ0n) is 19.1. The highest BCUT2D eigenvalue weighted by molar-refractivity contribution is 6.10. The van der Waals surface area contributed by atoms with Crippen LogP contribution in [0.1, 0.15) is 52.5 Å². The van der Waals surface area contributed by atoms with Crippen molar-refractivity contribution in [1.82, 2.24) is 15.1 Å². The maximum Gasteiger partial charge on any atom is 0.257 e. The van der Waals surface area contributed by atoms with E-state index in [0.29, 0.717) is 36.2 Å². The van der Waals surface area contributed by atoms with E-state index in [1.54, 1.807) is 54.2 Å². The van der Waals surface area contributed by atoms with Crippen LogP contribution in [0.25, 0.3) is 0 Å². The van der Waals surface area contributed by atoms with Crippen molar-refractivity contribution in [3.63, 3.8) is 0 Å². The van der Waals surface area contributed by atoms with Gasteiger partial charge in [-0.05, 0) is 43.2 Å². The highest BCUT2D eigenvalue weighted by atomic mass is 16.2. The molecular formula is C25H28N4O4. The van der Waals surface area contributed by atoms with Gasteiger partial charge in [0.05, 0.1) is 11.3 Å². The van der Waals surface area contributed by atoms with Crippen LogP contribution in [0.15, 0.2) is 48.5 Å². The molecule has 0 spiro atoms. The van der Waals surface area contributed by atoms with Gasteiger partial charge in [-0.15, -0.1) is 0 Å². The van der Waals surface area contributed by atoms with Gasteiger partial charge >= 0.3 is 0 Å². The Kier molecular flexibility index (Phi) is 5.93. The third kappa shape index (κ3) is 4.08. The summed E-state index contributed by atoms with van der Waals surface area (Å²) in [6, 6.07) is 14.2. The van der Waals surface area contributed by atoms with E-state index in [9.17, 15) is 19.2 Å². The van der Waals surface area contributed by atoms with E-state index in [2.05, 4.69) is 5.32 Å². The molecule has 2 aromatic rings. The first-order valence-electron chi connectivity index (χ1n) is 11.0. The lowest BCUT2D eigenvalue weighted by molar-refractivity contribution is -0.121. The number of carbonyl (C=O) groups is 4. The second kappa shape index (κ2) is 8.69. The predicted octanol–water partition coefficient (Wildman–Crippen LogP) is 2.39. The first kappa shape index (κ1) is 22.5. The highest BCUT2D eigenvalue weighted by Crippen LogP contribution is 2.43. The number of hydrogen-bond acceptors (Lipinski definition) is 4. The highest BCUT2D eigenvalue weighted by Gasteiger charge is 2.52. The maximum absolute atomic E-state index is 13.2. The van der Waals surface area contributed by atoms with Crippen molar-refractivity contribution in [1.29, 1.82) is 0 Å². The summed E-state index contributed by atoms with van der Waals surface area (Å²) in [6.45, 7) is 2.43. The fourth-order valence-corrected chi connectivity index (χ4v) is 4.57. The lowest BCUT2D eigenvalue weighted by atomic mass is 9.98. The molecule has 2 aliphatic heterocycles. The van der Waals surface area contributed by atoms with Crippen molar-refractivity contribution in [3.05, 3.63) is 65.2 Å².